The average Bonchev–Trinajstić information content (AvgIpc) is 2.92. The third kappa shape index (κ3) is 2.55. The molecule has 1 aromatic carbocycles. The van der Waals surface area contributed by atoms with Crippen LogP contribution in [0.5, 0.6) is 0 Å². The van der Waals surface area contributed by atoms with Crippen LogP contribution in [-0.2, 0) is 11.3 Å². The monoisotopic (exact) mass is 318 g/mol. The van der Waals surface area contributed by atoms with Gasteiger partial charge in [0.05, 0.1) is 18.5 Å². The molecule has 0 unspecified atom stereocenters. The van der Waals surface area contributed by atoms with Crippen molar-refractivity contribution in [3.05, 3.63) is 51.6 Å². The first kappa shape index (κ1) is 14.9. The lowest BCUT2D eigenvalue weighted by molar-refractivity contribution is 0.185. The van der Waals surface area contributed by atoms with Crippen molar-refractivity contribution in [1.82, 2.24) is 9.55 Å². The second kappa shape index (κ2) is 5.98. The van der Waals surface area contributed by atoms with E-state index in [4.69, 9.17) is 4.74 Å². The molecule has 0 saturated carbocycles. The van der Waals surface area contributed by atoms with E-state index in [9.17, 15) is 9.18 Å². The van der Waals surface area contributed by atoms with Crippen LogP contribution in [0.3, 0.4) is 0 Å². The normalized spacial score (nSPS) is 11.2. The minimum Gasteiger partial charge on any atom is -0.383 e. The molecule has 3 aromatic rings. The van der Waals surface area contributed by atoms with Crippen LogP contribution in [0.15, 0.2) is 34.4 Å². The fourth-order valence-corrected chi connectivity index (χ4v) is 3.40. The van der Waals surface area contributed by atoms with Crippen LogP contribution in [0.1, 0.15) is 5.82 Å². The molecule has 0 spiro atoms. The number of hydrogen-bond donors (Lipinski definition) is 0. The highest BCUT2D eigenvalue weighted by Crippen LogP contribution is 2.31. The second-order valence-electron chi connectivity index (χ2n) is 4.95. The first-order valence-electron chi connectivity index (χ1n) is 6.85. The third-order valence-corrected chi connectivity index (χ3v) is 4.43. The molecule has 0 atom stereocenters. The molecule has 0 aliphatic carbocycles. The number of aromatic nitrogens is 2. The molecule has 2 aromatic heterocycles. The van der Waals surface area contributed by atoms with Crippen LogP contribution < -0.4 is 5.56 Å². The highest BCUT2D eigenvalue weighted by atomic mass is 32.1. The minimum absolute atomic E-state index is 0.0832. The van der Waals surface area contributed by atoms with E-state index >= 15 is 0 Å². The smallest absolute Gasteiger partial charge is 0.262 e. The van der Waals surface area contributed by atoms with E-state index in [-0.39, 0.29) is 11.4 Å². The Labute approximate surface area is 130 Å². The Morgan fingerprint density at radius 1 is 1.32 bits per heavy atom. The maximum atomic E-state index is 13.1. The summed E-state index contributed by atoms with van der Waals surface area (Å²) in [5, 5.41) is 2.48. The number of methoxy groups -OCH3 is 1. The molecule has 0 aliphatic heterocycles. The summed E-state index contributed by atoms with van der Waals surface area (Å²) >= 11 is 1.42. The van der Waals surface area contributed by atoms with Crippen molar-refractivity contribution >= 4 is 21.6 Å². The number of benzene rings is 1. The summed E-state index contributed by atoms with van der Waals surface area (Å²) in [6.45, 7) is 2.72. The van der Waals surface area contributed by atoms with Crippen LogP contribution in [0, 0.1) is 12.7 Å². The van der Waals surface area contributed by atoms with E-state index < -0.39 is 0 Å². The van der Waals surface area contributed by atoms with Gasteiger partial charge in [0, 0.05) is 18.1 Å². The number of nitrogens with zero attached hydrogens (tertiary/aromatic N) is 2. The van der Waals surface area contributed by atoms with Gasteiger partial charge in [0.25, 0.3) is 5.56 Å². The molecule has 22 heavy (non-hydrogen) atoms. The molecule has 0 fully saturated rings. The summed E-state index contributed by atoms with van der Waals surface area (Å²) in [5.74, 6) is 0.372. The van der Waals surface area contributed by atoms with E-state index in [0.29, 0.717) is 29.2 Å². The Morgan fingerprint density at radius 2 is 2.05 bits per heavy atom. The van der Waals surface area contributed by atoms with E-state index in [0.717, 1.165) is 11.1 Å². The lowest BCUT2D eigenvalue weighted by Crippen LogP contribution is -2.25. The average molecular weight is 318 g/mol. The van der Waals surface area contributed by atoms with Crippen LogP contribution >= 0.6 is 11.3 Å². The number of halogens is 1. The summed E-state index contributed by atoms with van der Waals surface area (Å²) in [6, 6.07) is 6.14. The van der Waals surface area contributed by atoms with Crippen LogP contribution in [0.4, 0.5) is 4.39 Å². The molecule has 0 bridgehead atoms. The Balaban J connectivity index is 2.21. The number of fused-ring (bicyclic) bond motifs is 1. The van der Waals surface area contributed by atoms with Crippen molar-refractivity contribution < 1.29 is 9.13 Å². The molecule has 114 valence electrons. The van der Waals surface area contributed by atoms with Gasteiger partial charge in [0.15, 0.2) is 0 Å². The molecule has 0 amide bonds. The predicted molar refractivity (Wildman–Crippen MR) is 85.9 cm³/mol. The summed E-state index contributed by atoms with van der Waals surface area (Å²) in [4.78, 5) is 18.0. The summed E-state index contributed by atoms with van der Waals surface area (Å²) in [7, 11) is 1.60. The van der Waals surface area contributed by atoms with Gasteiger partial charge in [-0.25, -0.2) is 9.37 Å². The topological polar surface area (TPSA) is 44.1 Å². The summed E-state index contributed by atoms with van der Waals surface area (Å²) in [6.07, 6.45) is 0. The third-order valence-electron chi connectivity index (χ3n) is 3.56. The molecule has 4 nitrogen and oxygen atoms in total. The van der Waals surface area contributed by atoms with Gasteiger partial charge < -0.3 is 4.74 Å². The van der Waals surface area contributed by atoms with Gasteiger partial charge in [-0.2, -0.15) is 0 Å². The Hall–Kier alpha value is -2.05. The number of hydrogen-bond acceptors (Lipinski definition) is 4. The van der Waals surface area contributed by atoms with E-state index in [2.05, 4.69) is 4.98 Å². The maximum absolute atomic E-state index is 13.1. The predicted octanol–water partition coefficient (Wildman–Crippen LogP) is 3.22. The SMILES string of the molecule is COCCn1c(C)nc2scc(-c3ccc(F)cc3)c2c1=O. The maximum Gasteiger partial charge on any atom is 0.262 e. The van der Waals surface area contributed by atoms with Gasteiger partial charge in [0.1, 0.15) is 16.5 Å². The summed E-state index contributed by atoms with van der Waals surface area (Å²) < 4.78 is 19.8. The fourth-order valence-electron chi connectivity index (χ4n) is 2.41. The van der Waals surface area contributed by atoms with Crippen LogP contribution in [0.2, 0.25) is 0 Å². The lowest BCUT2D eigenvalue weighted by Gasteiger charge is -2.09. The van der Waals surface area contributed by atoms with Crippen LogP contribution in [0.25, 0.3) is 21.3 Å². The largest absolute Gasteiger partial charge is 0.383 e. The van der Waals surface area contributed by atoms with Gasteiger partial charge >= 0.3 is 0 Å². The highest BCUT2D eigenvalue weighted by molar-refractivity contribution is 7.17. The molecular formula is C16H15FN2O2S. The number of ether oxygens (including phenoxy) is 1. The first-order valence-corrected chi connectivity index (χ1v) is 7.73. The standard InChI is InChI=1S/C16H15FN2O2S/c1-10-18-15-14(16(20)19(10)7-8-21-2)13(9-22-15)11-3-5-12(17)6-4-11/h3-6,9H,7-8H2,1-2H3. The van der Waals surface area contributed by atoms with E-state index in [1.165, 1.54) is 23.5 Å². The molecular weight excluding hydrogens is 303 g/mol. The van der Waals surface area contributed by atoms with Gasteiger partial charge in [-0.05, 0) is 24.6 Å². The molecule has 0 aliphatic rings. The molecule has 0 N–H and O–H groups in total. The van der Waals surface area contributed by atoms with Gasteiger partial charge in [-0.3, -0.25) is 9.36 Å². The van der Waals surface area contributed by atoms with Crippen molar-refractivity contribution in [2.75, 3.05) is 13.7 Å². The van der Waals surface area contributed by atoms with Gasteiger partial charge in [-0.1, -0.05) is 12.1 Å². The van der Waals surface area contributed by atoms with Gasteiger partial charge in [0.2, 0.25) is 0 Å². The van der Waals surface area contributed by atoms with Gasteiger partial charge in [-0.15, -0.1) is 11.3 Å². The van der Waals surface area contributed by atoms with Crippen LogP contribution in [-0.4, -0.2) is 23.3 Å². The molecule has 0 saturated heterocycles. The number of aryl methyl sites for hydroxylation is 1. The van der Waals surface area contributed by atoms with Crippen molar-refractivity contribution in [1.29, 1.82) is 0 Å². The first-order chi connectivity index (χ1) is 10.6. The molecule has 2 heterocycles. The minimum atomic E-state index is -0.297. The van der Waals surface area contributed by atoms with Crippen molar-refractivity contribution in [2.24, 2.45) is 0 Å². The number of thiophene rings is 1. The van der Waals surface area contributed by atoms with Crippen molar-refractivity contribution in [3.63, 3.8) is 0 Å². The van der Waals surface area contributed by atoms with E-state index in [1.807, 2.05) is 12.3 Å². The molecule has 3 rings (SSSR count). The second-order valence-corrected chi connectivity index (χ2v) is 5.80. The Kier molecular flexibility index (Phi) is 4.04. The Morgan fingerprint density at radius 3 is 2.73 bits per heavy atom. The zero-order valence-corrected chi connectivity index (χ0v) is 13.1. The van der Waals surface area contributed by atoms with E-state index in [1.54, 1.807) is 23.8 Å². The molecule has 0 radical (unpaired) electrons. The fraction of sp³-hybridized carbons (Fsp3) is 0.250. The lowest BCUT2D eigenvalue weighted by atomic mass is 10.1. The zero-order chi connectivity index (χ0) is 15.7. The van der Waals surface area contributed by atoms with Crippen molar-refractivity contribution in [3.8, 4) is 11.1 Å². The highest BCUT2D eigenvalue weighted by Gasteiger charge is 2.15. The number of rotatable bonds is 4. The quantitative estimate of drug-likeness (QED) is 0.742. The summed E-state index contributed by atoms with van der Waals surface area (Å²) in [5.41, 5.74) is 1.53. The molecule has 6 heteroatoms. The Bertz CT molecular complexity index is 868. The van der Waals surface area contributed by atoms with Crippen molar-refractivity contribution in [2.45, 2.75) is 13.5 Å². The zero-order valence-electron chi connectivity index (χ0n) is 12.3.